The van der Waals surface area contributed by atoms with E-state index in [0.29, 0.717) is 24.2 Å². The van der Waals surface area contributed by atoms with E-state index in [9.17, 15) is 14.4 Å². The van der Waals surface area contributed by atoms with Gasteiger partial charge in [0.2, 0.25) is 0 Å². The number of urea groups is 1. The molecule has 4 amide bonds. The van der Waals surface area contributed by atoms with Gasteiger partial charge >= 0.3 is 6.03 Å². The van der Waals surface area contributed by atoms with Gasteiger partial charge in [-0.05, 0) is 37.1 Å². The lowest BCUT2D eigenvalue weighted by atomic mass is 9.93. The Hall–Kier alpha value is -3.61. The standard InChI is InChI=1S/C25H26N4O3/c1-3-4-13-26-23(30)17-10-6-8-12-20(17)29-24(31)21-14-18-16-9-5-7-11-19(16)27-22(18)15(2)28(21)25(29)32/h5-12,15,21,27H,3-4,13-14H2,1-2H3,(H,26,30)/t15-,21-/m0/s1. The fourth-order valence-corrected chi connectivity index (χ4v) is 4.92. The van der Waals surface area contributed by atoms with Crippen LogP contribution in [0.1, 0.15) is 54.3 Å². The molecule has 2 aliphatic rings. The first-order valence-electron chi connectivity index (χ1n) is 11.2. The Morgan fingerprint density at radius 2 is 1.88 bits per heavy atom. The molecule has 3 aromatic rings. The molecule has 0 aliphatic carbocycles. The number of aromatic nitrogens is 1. The summed E-state index contributed by atoms with van der Waals surface area (Å²) in [7, 11) is 0. The van der Waals surface area contributed by atoms with Gasteiger partial charge in [0.05, 0.1) is 17.3 Å². The molecule has 0 saturated carbocycles. The number of nitrogens with one attached hydrogen (secondary N) is 2. The predicted molar refractivity (Wildman–Crippen MR) is 123 cm³/mol. The summed E-state index contributed by atoms with van der Waals surface area (Å²) in [5.74, 6) is -0.560. The number of carbonyl (C=O) groups is 3. The fourth-order valence-electron chi connectivity index (χ4n) is 4.92. The quantitative estimate of drug-likeness (QED) is 0.471. The number of amides is 4. The zero-order chi connectivity index (χ0) is 22.4. The average molecular weight is 431 g/mol. The summed E-state index contributed by atoms with van der Waals surface area (Å²) in [5, 5.41) is 3.97. The molecule has 7 heteroatoms. The van der Waals surface area contributed by atoms with Gasteiger partial charge in [-0.2, -0.15) is 0 Å². The van der Waals surface area contributed by atoms with Crippen molar-refractivity contribution < 1.29 is 14.4 Å². The molecule has 0 bridgehead atoms. The minimum Gasteiger partial charge on any atom is -0.356 e. The van der Waals surface area contributed by atoms with Crippen molar-refractivity contribution in [3.05, 3.63) is 65.4 Å². The third-order valence-electron chi connectivity index (χ3n) is 6.54. The maximum absolute atomic E-state index is 13.5. The number of hydrogen-bond donors (Lipinski definition) is 2. The average Bonchev–Trinajstić information content (AvgIpc) is 3.30. The van der Waals surface area contributed by atoms with Crippen LogP contribution in [-0.4, -0.2) is 40.3 Å². The van der Waals surface area contributed by atoms with Gasteiger partial charge in [0.1, 0.15) is 6.04 Å². The molecule has 2 aromatic carbocycles. The van der Waals surface area contributed by atoms with Crippen molar-refractivity contribution in [3.8, 4) is 0 Å². The Kier molecular flexibility index (Phi) is 4.96. The van der Waals surface area contributed by atoms with Crippen LogP contribution in [0.4, 0.5) is 10.5 Å². The summed E-state index contributed by atoms with van der Waals surface area (Å²) in [6, 6.07) is 13.6. The van der Waals surface area contributed by atoms with Crippen molar-refractivity contribution in [1.29, 1.82) is 0 Å². The van der Waals surface area contributed by atoms with E-state index < -0.39 is 6.04 Å². The molecular formula is C25H26N4O3. The van der Waals surface area contributed by atoms with Crippen LogP contribution in [0.15, 0.2) is 48.5 Å². The molecule has 1 saturated heterocycles. The third-order valence-corrected chi connectivity index (χ3v) is 6.54. The van der Waals surface area contributed by atoms with E-state index in [1.165, 1.54) is 4.90 Å². The highest BCUT2D eigenvalue weighted by molar-refractivity contribution is 6.24. The molecule has 164 valence electrons. The first-order valence-corrected chi connectivity index (χ1v) is 11.2. The van der Waals surface area contributed by atoms with Crippen molar-refractivity contribution in [2.45, 2.75) is 45.2 Å². The number of hydrogen-bond acceptors (Lipinski definition) is 3. The number of fused-ring (bicyclic) bond motifs is 4. The van der Waals surface area contributed by atoms with E-state index >= 15 is 0 Å². The summed E-state index contributed by atoms with van der Waals surface area (Å²) < 4.78 is 0. The minimum absolute atomic E-state index is 0.274. The van der Waals surface area contributed by atoms with Crippen LogP contribution in [0.5, 0.6) is 0 Å². The second kappa shape index (κ2) is 7.82. The highest BCUT2D eigenvalue weighted by Gasteiger charge is 2.52. The maximum atomic E-state index is 13.5. The van der Waals surface area contributed by atoms with Crippen molar-refractivity contribution >= 4 is 34.4 Å². The van der Waals surface area contributed by atoms with Gasteiger partial charge < -0.3 is 15.2 Å². The SMILES string of the molecule is CCCCNC(=O)c1ccccc1N1C(=O)[C@@H]2Cc3c([nH]c4ccccc34)[C@H](C)N2C1=O. The summed E-state index contributed by atoms with van der Waals surface area (Å²) in [6.07, 6.45) is 2.29. The smallest absolute Gasteiger partial charge is 0.332 e. The summed E-state index contributed by atoms with van der Waals surface area (Å²) >= 11 is 0. The number of imide groups is 1. The molecular weight excluding hydrogens is 404 g/mol. The number of anilines is 1. The number of unbranched alkanes of at least 4 members (excludes halogenated alkanes) is 1. The van der Waals surface area contributed by atoms with Crippen LogP contribution in [-0.2, 0) is 11.2 Å². The fraction of sp³-hybridized carbons (Fsp3) is 0.320. The minimum atomic E-state index is -0.583. The summed E-state index contributed by atoms with van der Waals surface area (Å²) in [5.41, 5.74) is 3.74. The normalized spacial score (nSPS) is 19.9. The predicted octanol–water partition coefficient (Wildman–Crippen LogP) is 4.15. The molecule has 5 rings (SSSR count). The van der Waals surface area contributed by atoms with Crippen LogP contribution in [0.2, 0.25) is 0 Å². The number of para-hydroxylation sites is 2. The lowest BCUT2D eigenvalue weighted by Gasteiger charge is -2.33. The molecule has 1 fully saturated rings. The van der Waals surface area contributed by atoms with Gasteiger partial charge in [0.15, 0.2) is 0 Å². The Bertz CT molecular complexity index is 1230. The highest BCUT2D eigenvalue weighted by atomic mass is 16.2. The molecule has 0 unspecified atom stereocenters. The van der Waals surface area contributed by atoms with E-state index in [1.54, 1.807) is 29.2 Å². The second-order valence-corrected chi connectivity index (χ2v) is 8.45. The molecule has 32 heavy (non-hydrogen) atoms. The number of carbonyl (C=O) groups excluding carboxylic acids is 3. The Morgan fingerprint density at radius 1 is 1.12 bits per heavy atom. The molecule has 2 atom stereocenters. The van der Waals surface area contributed by atoms with Crippen LogP contribution in [0.25, 0.3) is 10.9 Å². The van der Waals surface area contributed by atoms with Gasteiger partial charge in [-0.15, -0.1) is 0 Å². The molecule has 1 aromatic heterocycles. The Labute approximate surface area is 186 Å². The Morgan fingerprint density at radius 3 is 2.69 bits per heavy atom. The van der Waals surface area contributed by atoms with Gasteiger partial charge in [-0.25, -0.2) is 9.69 Å². The van der Waals surface area contributed by atoms with Crippen molar-refractivity contribution in [3.63, 3.8) is 0 Å². The number of nitrogens with zero attached hydrogens (tertiary/aromatic N) is 2. The van der Waals surface area contributed by atoms with Gasteiger partial charge in [-0.3, -0.25) is 9.59 Å². The first-order chi connectivity index (χ1) is 15.5. The largest absolute Gasteiger partial charge is 0.356 e. The Balaban J connectivity index is 1.51. The lowest BCUT2D eigenvalue weighted by molar-refractivity contribution is -0.120. The molecule has 0 spiro atoms. The highest BCUT2D eigenvalue weighted by Crippen LogP contribution is 2.42. The van der Waals surface area contributed by atoms with Crippen LogP contribution >= 0.6 is 0 Å². The molecule has 2 N–H and O–H groups in total. The van der Waals surface area contributed by atoms with E-state index in [-0.39, 0.29) is 23.9 Å². The topological polar surface area (TPSA) is 85.5 Å². The number of rotatable bonds is 5. The molecule has 0 radical (unpaired) electrons. The van der Waals surface area contributed by atoms with Crippen LogP contribution < -0.4 is 10.2 Å². The zero-order valence-corrected chi connectivity index (χ0v) is 18.2. The van der Waals surface area contributed by atoms with Gasteiger partial charge in [0.25, 0.3) is 11.8 Å². The van der Waals surface area contributed by atoms with Crippen molar-refractivity contribution in [2.75, 3.05) is 11.4 Å². The monoisotopic (exact) mass is 430 g/mol. The number of aromatic amines is 1. The van der Waals surface area contributed by atoms with Gasteiger partial charge in [0, 0.05) is 29.6 Å². The van der Waals surface area contributed by atoms with E-state index in [2.05, 4.69) is 17.2 Å². The zero-order valence-electron chi connectivity index (χ0n) is 18.2. The molecule has 7 nitrogen and oxygen atoms in total. The molecule has 2 aliphatic heterocycles. The number of benzene rings is 2. The van der Waals surface area contributed by atoms with Crippen LogP contribution in [0.3, 0.4) is 0 Å². The lowest BCUT2D eigenvalue weighted by Crippen LogP contribution is -2.42. The van der Waals surface area contributed by atoms with Crippen LogP contribution in [0, 0.1) is 0 Å². The summed E-state index contributed by atoms with van der Waals surface area (Å²) in [6.45, 7) is 4.55. The summed E-state index contributed by atoms with van der Waals surface area (Å²) in [4.78, 5) is 46.1. The first kappa shape index (κ1) is 20.3. The maximum Gasteiger partial charge on any atom is 0.332 e. The second-order valence-electron chi connectivity index (χ2n) is 8.45. The van der Waals surface area contributed by atoms with Crippen molar-refractivity contribution in [1.82, 2.24) is 15.2 Å². The number of H-pyrrole nitrogens is 1. The van der Waals surface area contributed by atoms with E-state index in [4.69, 9.17) is 0 Å². The third kappa shape index (κ3) is 2.99. The van der Waals surface area contributed by atoms with Gasteiger partial charge in [-0.1, -0.05) is 43.7 Å². The van der Waals surface area contributed by atoms with E-state index in [1.807, 2.05) is 31.2 Å². The van der Waals surface area contributed by atoms with Crippen molar-refractivity contribution in [2.24, 2.45) is 0 Å². The molecule has 3 heterocycles. The van der Waals surface area contributed by atoms with E-state index in [0.717, 1.165) is 35.0 Å².